The van der Waals surface area contributed by atoms with E-state index in [9.17, 15) is 0 Å². The zero-order chi connectivity index (χ0) is 13.7. The Hall–Kier alpha value is -1.72. The number of aryl methyl sites for hydroxylation is 1. The van der Waals surface area contributed by atoms with Gasteiger partial charge in [0.25, 0.3) is 0 Å². The molecule has 0 aliphatic carbocycles. The van der Waals surface area contributed by atoms with E-state index in [4.69, 9.17) is 16.3 Å². The van der Waals surface area contributed by atoms with Crippen molar-refractivity contribution in [3.05, 3.63) is 40.9 Å². The second-order valence-electron chi connectivity index (χ2n) is 3.98. The molecule has 0 aliphatic heterocycles. The quantitative estimate of drug-likeness (QED) is 0.911. The fourth-order valence-electron chi connectivity index (χ4n) is 1.51. The molecule has 0 atom stereocenters. The number of nitrogens with zero attached hydrogens (tertiary/aromatic N) is 3. The maximum Gasteiger partial charge on any atom is 0.322 e. The van der Waals surface area contributed by atoms with Crippen LogP contribution in [0.5, 0.6) is 11.8 Å². The van der Waals surface area contributed by atoms with Crippen LogP contribution in [0, 0.1) is 6.92 Å². The Bertz CT molecular complexity index is 562. The first-order valence-electron chi connectivity index (χ1n) is 6.00. The predicted molar refractivity (Wildman–Crippen MR) is 73.5 cm³/mol. The third-order valence-electron chi connectivity index (χ3n) is 2.51. The third-order valence-corrected chi connectivity index (χ3v) is 2.72. The molecule has 0 saturated carbocycles. The van der Waals surface area contributed by atoms with Crippen LogP contribution >= 0.6 is 11.6 Å². The standard InChI is InChI=1S/C13H15ClN4O/c1-3-15-5-10-6-17-13(18-9(10)2)19-12-4-11(14)7-16-8-12/h4,6-8,15H,3,5H2,1-2H3. The van der Waals surface area contributed by atoms with Gasteiger partial charge in [0.15, 0.2) is 5.75 Å². The van der Waals surface area contributed by atoms with Gasteiger partial charge in [0.05, 0.1) is 11.2 Å². The normalized spacial score (nSPS) is 10.5. The Balaban J connectivity index is 2.11. The van der Waals surface area contributed by atoms with Gasteiger partial charge in [-0.2, -0.15) is 4.98 Å². The molecular weight excluding hydrogens is 264 g/mol. The molecule has 0 radical (unpaired) electrons. The van der Waals surface area contributed by atoms with Gasteiger partial charge in [0.1, 0.15) is 0 Å². The van der Waals surface area contributed by atoms with E-state index in [0.29, 0.717) is 16.8 Å². The van der Waals surface area contributed by atoms with Crippen molar-refractivity contribution in [2.45, 2.75) is 20.4 Å². The molecule has 2 rings (SSSR count). The monoisotopic (exact) mass is 278 g/mol. The van der Waals surface area contributed by atoms with Crippen LogP contribution in [0.3, 0.4) is 0 Å². The van der Waals surface area contributed by atoms with Crippen LogP contribution in [0.2, 0.25) is 5.02 Å². The van der Waals surface area contributed by atoms with Crippen molar-refractivity contribution in [3.63, 3.8) is 0 Å². The lowest BCUT2D eigenvalue weighted by Crippen LogP contribution is -2.13. The van der Waals surface area contributed by atoms with Crippen LogP contribution in [0.25, 0.3) is 0 Å². The average Bonchev–Trinajstić information content (AvgIpc) is 2.38. The number of hydrogen-bond acceptors (Lipinski definition) is 5. The summed E-state index contributed by atoms with van der Waals surface area (Å²) in [5.74, 6) is 0.520. The second-order valence-corrected chi connectivity index (χ2v) is 4.42. The molecular formula is C13H15ClN4O. The molecule has 0 fully saturated rings. The highest BCUT2D eigenvalue weighted by molar-refractivity contribution is 6.30. The van der Waals surface area contributed by atoms with E-state index in [2.05, 4.69) is 27.2 Å². The number of pyridine rings is 1. The molecule has 0 bridgehead atoms. The molecule has 0 saturated heterocycles. The number of aromatic nitrogens is 3. The topological polar surface area (TPSA) is 59.9 Å². The van der Waals surface area contributed by atoms with Crippen molar-refractivity contribution >= 4 is 11.6 Å². The Morgan fingerprint density at radius 2 is 2.16 bits per heavy atom. The number of hydrogen-bond donors (Lipinski definition) is 1. The van der Waals surface area contributed by atoms with Crippen LogP contribution in [-0.2, 0) is 6.54 Å². The lowest BCUT2D eigenvalue weighted by atomic mass is 10.2. The highest BCUT2D eigenvalue weighted by Gasteiger charge is 2.05. The second kappa shape index (κ2) is 6.45. The maximum absolute atomic E-state index is 5.83. The van der Waals surface area contributed by atoms with Gasteiger partial charge in [-0.25, -0.2) is 4.98 Å². The molecule has 0 aromatic carbocycles. The number of nitrogens with one attached hydrogen (secondary N) is 1. The average molecular weight is 279 g/mol. The molecule has 0 unspecified atom stereocenters. The molecule has 0 spiro atoms. The summed E-state index contributed by atoms with van der Waals surface area (Å²) in [5.41, 5.74) is 1.94. The van der Waals surface area contributed by atoms with E-state index in [-0.39, 0.29) is 0 Å². The van der Waals surface area contributed by atoms with Crippen molar-refractivity contribution in [3.8, 4) is 11.8 Å². The molecule has 6 heteroatoms. The van der Waals surface area contributed by atoms with E-state index >= 15 is 0 Å². The molecule has 2 heterocycles. The molecule has 1 N–H and O–H groups in total. The molecule has 2 aromatic heterocycles. The fourth-order valence-corrected chi connectivity index (χ4v) is 1.67. The number of ether oxygens (including phenoxy) is 1. The van der Waals surface area contributed by atoms with Crippen molar-refractivity contribution in [2.24, 2.45) is 0 Å². The zero-order valence-electron chi connectivity index (χ0n) is 10.9. The summed E-state index contributed by atoms with van der Waals surface area (Å²) in [4.78, 5) is 12.4. The zero-order valence-corrected chi connectivity index (χ0v) is 11.6. The van der Waals surface area contributed by atoms with Crippen LogP contribution in [0.1, 0.15) is 18.2 Å². The van der Waals surface area contributed by atoms with Crippen LogP contribution in [0.15, 0.2) is 24.7 Å². The minimum absolute atomic E-state index is 0.293. The molecule has 0 aliphatic rings. The van der Waals surface area contributed by atoms with Crippen molar-refractivity contribution < 1.29 is 4.74 Å². The number of halogens is 1. The van der Waals surface area contributed by atoms with Crippen molar-refractivity contribution in [1.82, 2.24) is 20.3 Å². The SMILES string of the molecule is CCNCc1cnc(Oc2cncc(Cl)c2)nc1C. The Kier molecular flexibility index (Phi) is 4.65. The van der Waals surface area contributed by atoms with Gasteiger partial charge in [-0.3, -0.25) is 4.98 Å². The first-order chi connectivity index (χ1) is 9.19. The van der Waals surface area contributed by atoms with Gasteiger partial charge in [0.2, 0.25) is 0 Å². The molecule has 0 amide bonds. The summed E-state index contributed by atoms with van der Waals surface area (Å²) in [6.07, 6.45) is 4.87. The van der Waals surface area contributed by atoms with Gasteiger partial charge in [0, 0.05) is 36.3 Å². The Morgan fingerprint density at radius 3 is 2.84 bits per heavy atom. The van der Waals surface area contributed by atoms with Crippen LogP contribution < -0.4 is 10.1 Å². The smallest absolute Gasteiger partial charge is 0.322 e. The maximum atomic E-state index is 5.83. The van der Waals surface area contributed by atoms with Gasteiger partial charge in [-0.15, -0.1) is 0 Å². The molecule has 2 aromatic rings. The van der Waals surface area contributed by atoms with Gasteiger partial charge >= 0.3 is 6.01 Å². The fraction of sp³-hybridized carbons (Fsp3) is 0.308. The van der Waals surface area contributed by atoms with Gasteiger partial charge < -0.3 is 10.1 Å². The summed E-state index contributed by atoms with van der Waals surface area (Å²) in [5, 5.41) is 3.75. The highest BCUT2D eigenvalue weighted by atomic mass is 35.5. The van der Waals surface area contributed by atoms with E-state index in [1.165, 1.54) is 0 Å². The Labute approximate surface area is 117 Å². The molecule has 100 valence electrons. The van der Waals surface area contributed by atoms with Crippen LogP contribution in [0.4, 0.5) is 0 Å². The number of rotatable bonds is 5. The summed E-state index contributed by atoms with van der Waals surface area (Å²) in [6.45, 7) is 5.64. The highest BCUT2D eigenvalue weighted by Crippen LogP contribution is 2.20. The van der Waals surface area contributed by atoms with E-state index in [1.54, 1.807) is 24.7 Å². The van der Waals surface area contributed by atoms with Crippen molar-refractivity contribution in [2.75, 3.05) is 6.54 Å². The lowest BCUT2D eigenvalue weighted by molar-refractivity contribution is 0.437. The van der Waals surface area contributed by atoms with Gasteiger partial charge in [-0.1, -0.05) is 18.5 Å². The predicted octanol–water partition coefficient (Wildman–Crippen LogP) is 2.74. The van der Waals surface area contributed by atoms with Crippen LogP contribution in [-0.4, -0.2) is 21.5 Å². The third kappa shape index (κ3) is 3.87. The minimum atomic E-state index is 0.293. The molecule has 5 nitrogen and oxygen atoms in total. The largest absolute Gasteiger partial charge is 0.423 e. The lowest BCUT2D eigenvalue weighted by Gasteiger charge is -2.08. The van der Waals surface area contributed by atoms with Crippen molar-refractivity contribution in [1.29, 1.82) is 0 Å². The summed E-state index contributed by atoms with van der Waals surface area (Å²) in [6, 6.07) is 1.96. The summed E-state index contributed by atoms with van der Waals surface area (Å²) in [7, 11) is 0. The summed E-state index contributed by atoms with van der Waals surface area (Å²) < 4.78 is 5.51. The van der Waals surface area contributed by atoms with Gasteiger partial charge in [-0.05, 0) is 13.5 Å². The first kappa shape index (κ1) is 13.7. The first-order valence-corrected chi connectivity index (χ1v) is 6.38. The van der Waals surface area contributed by atoms with E-state index in [0.717, 1.165) is 24.3 Å². The molecule has 19 heavy (non-hydrogen) atoms. The van der Waals surface area contributed by atoms with E-state index in [1.807, 2.05) is 6.92 Å². The van der Waals surface area contributed by atoms with E-state index < -0.39 is 0 Å². The Morgan fingerprint density at radius 1 is 1.32 bits per heavy atom. The summed E-state index contributed by atoms with van der Waals surface area (Å²) >= 11 is 5.83. The minimum Gasteiger partial charge on any atom is -0.423 e.